The summed E-state index contributed by atoms with van der Waals surface area (Å²) in [5, 5.41) is 0. The van der Waals surface area contributed by atoms with Crippen LogP contribution in [0.1, 0.15) is 5.56 Å². The first kappa shape index (κ1) is 15.4. The number of rotatable bonds is 1. The molecule has 0 atom stereocenters. The summed E-state index contributed by atoms with van der Waals surface area (Å²) in [6.07, 6.45) is 2.07. The van der Waals surface area contributed by atoms with Gasteiger partial charge in [0.2, 0.25) is 0 Å². The summed E-state index contributed by atoms with van der Waals surface area (Å²) in [5.74, 6) is 0. The molecule has 2 aromatic rings. The smallest absolute Gasteiger partial charge is 0.199 e. The molecule has 0 N–H and O–H groups in total. The van der Waals surface area contributed by atoms with Gasteiger partial charge in [-0.2, -0.15) is 61.0 Å². The second-order valence-corrected chi connectivity index (χ2v) is 3.81. The molecule has 16 heavy (non-hydrogen) atoms. The Kier molecular flexibility index (Phi) is 9.29. The molecule has 0 aromatic heterocycles. The molecule has 0 aliphatic rings. The Bertz CT molecular complexity index is 330. The third-order valence-electron chi connectivity index (χ3n) is 1.77. The fraction of sp³-hybridized carbons (Fsp3) is 0.0714. The van der Waals surface area contributed by atoms with Crippen molar-refractivity contribution in [3.05, 3.63) is 73.2 Å². The Morgan fingerprint density at radius 2 is 1.56 bits per heavy atom. The van der Waals surface area contributed by atoms with Gasteiger partial charge in [-0.3, -0.25) is 0 Å². The van der Waals surface area contributed by atoms with Crippen LogP contribution in [-0.2, 0) is 0 Å². The molecule has 0 saturated carbocycles. The van der Waals surface area contributed by atoms with E-state index >= 15 is 0 Å². The molecule has 0 bridgehead atoms. The molecular formula is C14H14MgS. The Balaban J connectivity index is 0.000000283. The molecule has 0 amide bonds. The molecule has 2 aromatic carbocycles. The normalized spacial score (nSPS) is 8.31. The van der Waals surface area contributed by atoms with Gasteiger partial charge in [0.05, 0.1) is 0 Å². The van der Waals surface area contributed by atoms with Crippen molar-refractivity contribution in [2.75, 3.05) is 6.26 Å². The summed E-state index contributed by atoms with van der Waals surface area (Å²) in [7, 11) is 0. The SMILES string of the molecule is [CH2-]c1ccc(SC)cc1.[Mg+2].[c-]1ccccc1. The number of hydrogen-bond donors (Lipinski definition) is 0. The van der Waals surface area contributed by atoms with Gasteiger partial charge in [-0.05, 0) is 11.2 Å². The van der Waals surface area contributed by atoms with Gasteiger partial charge < -0.3 is 0 Å². The molecule has 0 aliphatic heterocycles. The average Bonchev–Trinajstić information content (AvgIpc) is 2.33. The summed E-state index contributed by atoms with van der Waals surface area (Å²) in [5.41, 5.74) is 1.08. The molecule has 0 saturated heterocycles. The molecule has 2 heteroatoms. The largest absolute Gasteiger partial charge is 2.00 e. The van der Waals surface area contributed by atoms with Crippen molar-refractivity contribution >= 4 is 34.8 Å². The standard InChI is InChI=1S/C8H9S.C6H5.Mg/c1-7-3-5-8(9-2)6-4-7;1-2-4-6-5-3-1;/h3-6H,1H2,2H3;1-5H;/q2*-1;+2. The van der Waals surface area contributed by atoms with Crippen molar-refractivity contribution in [1.29, 1.82) is 0 Å². The zero-order valence-corrected chi connectivity index (χ0v) is 11.7. The van der Waals surface area contributed by atoms with Crippen LogP contribution in [-0.4, -0.2) is 29.3 Å². The summed E-state index contributed by atoms with van der Waals surface area (Å²) >= 11 is 1.75. The van der Waals surface area contributed by atoms with Gasteiger partial charge in [0.1, 0.15) is 0 Å². The van der Waals surface area contributed by atoms with Crippen LogP contribution in [0.15, 0.2) is 59.5 Å². The second-order valence-electron chi connectivity index (χ2n) is 2.93. The third kappa shape index (κ3) is 6.83. The van der Waals surface area contributed by atoms with Crippen LogP contribution in [0.5, 0.6) is 0 Å². The van der Waals surface area contributed by atoms with Gasteiger partial charge >= 0.3 is 23.1 Å². The van der Waals surface area contributed by atoms with Crippen molar-refractivity contribution in [3.63, 3.8) is 0 Å². The quantitative estimate of drug-likeness (QED) is 0.415. The van der Waals surface area contributed by atoms with Crippen LogP contribution in [0, 0.1) is 13.0 Å². The van der Waals surface area contributed by atoms with Crippen LogP contribution in [0.4, 0.5) is 0 Å². The maximum absolute atomic E-state index is 3.79. The minimum absolute atomic E-state index is 0. The first-order valence-corrected chi connectivity index (χ1v) is 5.92. The van der Waals surface area contributed by atoms with E-state index in [9.17, 15) is 0 Å². The van der Waals surface area contributed by atoms with Crippen LogP contribution in [0.25, 0.3) is 0 Å². The molecule has 78 valence electrons. The van der Waals surface area contributed by atoms with Gasteiger partial charge in [-0.1, -0.05) is 0 Å². The van der Waals surface area contributed by atoms with Gasteiger partial charge in [-0.25, -0.2) is 0 Å². The topological polar surface area (TPSA) is 0 Å². The number of thioether (sulfide) groups is 1. The summed E-state index contributed by atoms with van der Waals surface area (Å²) in [4.78, 5) is 1.29. The maximum atomic E-state index is 3.79. The average molecular weight is 239 g/mol. The van der Waals surface area contributed by atoms with E-state index in [2.05, 4.69) is 31.4 Å². The first-order valence-electron chi connectivity index (χ1n) is 4.70. The third-order valence-corrected chi connectivity index (χ3v) is 2.51. The van der Waals surface area contributed by atoms with E-state index in [1.165, 1.54) is 4.90 Å². The zero-order chi connectivity index (χ0) is 10.9. The molecule has 0 heterocycles. The van der Waals surface area contributed by atoms with Gasteiger partial charge in [-0.15, -0.1) is 23.9 Å². The van der Waals surface area contributed by atoms with Crippen LogP contribution in [0.2, 0.25) is 0 Å². The Hall–Kier alpha value is -0.574. The van der Waals surface area contributed by atoms with Crippen molar-refractivity contribution in [2.24, 2.45) is 0 Å². The Morgan fingerprint density at radius 3 is 1.88 bits per heavy atom. The Labute approximate surface area is 119 Å². The molecule has 0 radical (unpaired) electrons. The van der Waals surface area contributed by atoms with Crippen molar-refractivity contribution < 1.29 is 0 Å². The second kappa shape index (κ2) is 9.64. The molecule has 0 unspecified atom stereocenters. The van der Waals surface area contributed by atoms with Crippen LogP contribution < -0.4 is 0 Å². The predicted octanol–water partition coefficient (Wildman–Crippen LogP) is 3.70. The summed E-state index contributed by atoms with van der Waals surface area (Å²) < 4.78 is 0. The van der Waals surface area contributed by atoms with Crippen molar-refractivity contribution in [1.82, 2.24) is 0 Å². The monoisotopic (exact) mass is 238 g/mol. The molecule has 0 fully saturated rings. The molecular weight excluding hydrogens is 225 g/mol. The minimum atomic E-state index is 0. The molecule has 0 nitrogen and oxygen atoms in total. The summed E-state index contributed by atoms with van der Waals surface area (Å²) in [6, 6.07) is 20.7. The predicted molar refractivity (Wildman–Crippen MR) is 73.7 cm³/mol. The Morgan fingerprint density at radius 1 is 1.00 bits per heavy atom. The molecule has 2 rings (SSSR count). The van der Waals surface area contributed by atoms with Gasteiger partial charge in [0.25, 0.3) is 0 Å². The summed E-state index contributed by atoms with van der Waals surface area (Å²) in [6.45, 7) is 3.79. The van der Waals surface area contributed by atoms with Gasteiger partial charge in [0.15, 0.2) is 0 Å². The van der Waals surface area contributed by atoms with Crippen molar-refractivity contribution in [2.45, 2.75) is 4.90 Å². The van der Waals surface area contributed by atoms with E-state index in [1.54, 1.807) is 11.8 Å². The van der Waals surface area contributed by atoms with E-state index in [0.29, 0.717) is 0 Å². The molecule has 0 aliphatic carbocycles. The van der Waals surface area contributed by atoms with E-state index in [1.807, 2.05) is 42.5 Å². The fourth-order valence-corrected chi connectivity index (χ4v) is 1.38. The van der Waals surface area contributed by atoms with E-state index in [4.69, 9.17) is 0 Å². The van der Waals surface area contributed by atoms with Crippen molar-refractivity contribution in [3.8, 4) is 0 Å². The van der Waals surface area contributed by atoms with Crippen LogP contribution >= 0.6 is 11.8 Å². The van der Waals surface area contributed by atoms with E-state index < -0.39 is 0 Å². The minimum Gasteiger partial charge on any atom is -0.199 e. The van der Waals surface area contributed by atoms with E-state index in [-0.39, 0.29) is 23.1 Å². The van der Waals surface area contributed by atoms with Crippen LogP contribution in [0.3, 0.4) is 0 Å². The zero-order valence-electron chi connectivity index (χ0n) is 9.52. The van der Waals surface area contributed by atoms with Gasteiger partial charge in [0, 0.05) is 0 Å². The van der Waals surface area contributed by atoms with E-state index in [0.717, 1.165) is 5.56 Å². The fourth-order valence-electron chi connectivity index (χ4n) is 0.967. The first-order chi connectivity index (χ1) is 7.33. The molecule has 0 spiro atoms. The maximum Gasteiger partial charge on any atom is 2.00 e. The number of benzene rings is 2. The number of hydrogen-bond acceptors (Lipinski definition) is 1.